The van der Waals surface area contributed by atoms with Crippen molar-refractivity contribution in [3.63, 3.8) is 0 Å². The van der Waals surface area contributed by atoms with Gasteiger partial charge in [-0.2, -0.15) is 4.98 Å². The van der Waals surface area contributed by atoms with Crippen molar-refractivity contribution in [2.45, 2.75) is 20.3 Å². The maximum absolute atomic E-state index is 14.2. The number of nitrogens with one attached hydrogen (secondary N) is 3. The number of hydrogen-bond donors (Lipinski definition) is 3. The van der Waals surface area contributed by atoms with Crippen molar-refractivity contribution in [1.82, 2.24) is 14.9 Å². The fourth-order valence-electron chi connectivity index (χ4n) is 2.27. The van der Waals surface area contributed by atoms with Crippen molar-refractivity contribution in [3.05, 3.63) is 40.3 Å². The standard InChI is InChI=1S/C18H24ClFN6O/c1-11-6-7-13(10-14(11)19)23-18(27)25-17-22-12(2)15(20)16(24-17)21-8-5-9-26(3)4/h6-7,10H,5,8-9H2,1-4H3,(H3,21,22,23,24,25,27). The lowest BCUT2D eigenvalue weighted by Crippen LogP contribution is -2.22. The van der Waals surface area contributed by atoms with E-state index in [0.29, 0.717) is 17.3 Å². The molecule has 0 spiro atoms. The first kappa shape index (κ1) is 20.9. The summed E-state index contributed by atoms with van der Waals surface area (Å²) in [6.45, 7) is 4.81. The number of amides is 2. The molecule has 1 aromatic carbocycles. The van der Waals surface area contributed by atoms with E-state index in [1.165, 1.54) is 6.92 Å². The number of carbonyl (C=O) groups excluding carboxylic acids is 1. The zero-order valence-corrected chi connectivity index (χ0v) is 16.6. The third kappa shape index (κ3) is 6.33. The smallest absolute Gasteiger partial charge is 0.326 e. The summed E-state index contributed by atoms with van der Waals surface area (Å²) in [6.07, 6.45) is 0.826. The molecule has 0 bridgehead atoms. The molecule has 0 aliphatic rings. The van der Waals surface area contributed by atoms with Gasteiger partial charge in [-0.1, -0.05) is 17.7 Å². The van der Waals surface area contributed by atoms with Gasteiger partial charge in [0.05, 0.1) is 5.69 Å². The molecule has 2 rings (SSSR count). The first-order chi connectivity index (χ1) is 12.8. The van der Waals surface area contributed by atoms with Gasteiger partial charge in [-0.25, -0.2) is 14.2 Å². The van der Waals surface area contributed by atoms with Crippen LogP contribution in [-0.2, 0) is 0 Å². The quantitative estimate of drug-likeness (QED) is 0.620. The van der Waals surface area contributed by atoms with Crippen LogP contribution in [0.5, 0.6) is 0 Å². The first-order valence-electron chi connectivity index (χ1n) is 8.53. The second kappa shape index (κ2) is 9.48. The molecule has 3 N–H and O–H groups in total. The zero-order valence-electron chi connectivity index (χ0n) is 15.9. The Morgan fingerprint density at radius 1 is 1.22 bits per heavy atom. The molecular formula is C18H24ClFN6O. The number of nitrogens with zero attached hydrogens (tertiary/aromatic N) is 3. The zero-order chi connectivity index (χ0) is 20.0. The minimum absolute atomic E-state index is 0.0136. The van der Waals surface area contributed by atoms with Gasteiger partial charge in [0.2, 0.25) is 5.95 Å². The van der Waals surface area contributed by atoms with E-state index in [9.17, 15) is 9.18 Å². The Morgan fingerprint density at radius 3 is 2.63 bits per heavy atom. The van der Waals surface area contributed by atoms with E-state index < -0.39 is 11.8 Å². The molecule has 0 saturated heterocycles. The van der Waals surface area contributed by atoms with Gasteiger partial charge in [0.15, 0.2) is 11.6 Å². The van der Waals surface area contributed by atoms with Crippen LogP contribution in [0.1, 0.15) is 17.7 Å². The number of halogens is 2. The number of urea groups is 1. The Hall–Kier alpha value is -2.45. The van der Waals surface area contributed by atoms with E-state index in [0.717, 1.165) is 18.5 Å². The number of rotatable bonds is 7. The number of hydrogen-bond acceptors (Lipinski definition) is 5. The molecule has 27 heavy (non-hydrogen) atoms. The minimum Gasteiger partial charge on any atom is -0.367 e. The van der Waals surface area contributed by atoms with Gasteiger partial charge in [-0.15, -0.1) is 0 Å². The van der Waals surface area contributed by atoms with Crippen LogP contribution in [0.15, 0.2) is 18.2 Å². The summed E-state index contributed by atoms with van der Waals surface area (Å²) < 4.78 is 14.2. The Morgan fingerprint density at radius 2 is 1.96 bits per heavy atom. The lowest BCUT2D eigenvalue weighted by atomic mass is 10.2. The van der Waals surface area contributed by atoms with Crippen LogP contribution in [0.4, 0.5) is 26.6 Å². The lowest BCUT2D eigenvalue weighted by Gasteiger charge is -2.13. The third-order valence-electron chi connectivity index (χ3n) is 3.75. The Bertz CT molecular complexity index is 815. The Kier molecular flexibility index (Phi) is 7.32. The van der Waals surface area contributed by atoms with E-state index in [1.807, 2.05) is 25.9 Å². The second-order valence-corrected chi connectivity index (χ2v) is 6.83. The molecule has 2 amide bonds. The number of benzene rings is 1. The maximum Gasteiger partial charge on any atom is 0.326 e. The third-order valence-corrected chi connectivity index (χ3v) is 4.15. The van der Waals surface area contributed by atoms with E-state index in [2.05, 4.69) is 25.9 Å². The van der Waals surface area contributed by atoms with E-state index in [1.54, 1.807) is 18.2 Å². The summed E-state index contributed by atoms with van der Waals surface area (Å²) >= 11 is 6.05. The predicted octanol–water partition coefficient (Wildman–Crippen LogP) is 3.89. The highest BCUT2D eigenvalue weighted by molar-refractivity contribution is 6.31. The first-order valence-corrected chi connectivity index (χ1v) is 8.91. The molecule has 0 aliphatic carbocycles. The van der Waals surface area contributed by atoms with Crippen molar-refractivity contribution < 1.29 is 9.18 Å². The monoisotopic (exact) mass is 394 g/mol. The molecule has 1 aromatic heterocycles. The average molecular weight is 395 g/mol. The van der Waals surface area contributed by atoms with Crippen molar-refractivity contribution in [3.8, 4) is 0 Å². The molecule has 1 heterocycles. The minimum atomic E-state index is -0.542. The highest BCUT2D eigenvalue weighted by Crippen LogP contribution is 2.20. The van der Waals surface area contributed by atoms with Gasteiger partial charge in [-0.05, 0) is 58.6 Å². The van der Waals surface area contributed by atoms with Gasteiger partial charge >= 0.3 is 6.03 Å². The summed E-state index contributed by atoms with van der Waals surface area (Å²) in [5.74, 6) is -0.453. The number of aromatic nitrogens is 2. The van der Waals surface area contributed by atoms with Crippen LogP contribution in [0.3, 0.4) is 0 Å². The largest absolute Gasteiger partial charge is 0.367 e. The molecule has 0 aliphatic heterocycles. The average Bonchev–Trinajstić information content (AvgIpc) is 2.58. The number of carbonyl (C=O) groups is 1. The van der Waals surface area contributed by atoms with Crippen LogP contribution >= 0.6 is 11.6 Å². The number of aryl methyl sites for hydroxylation is 2. The van der Waals surface area contributed by atoms with Crippen molar-refractivity contribution >= 4 is 35.1 Å². The Balaban J connectivity index is 2.02. The maximum atomic E-state index is 14.2. The SMILES string of the molecule is Cc1ccc(NC(=O)Nc2nc(C)c(F)c(NCCCN(C)C)n2)cc1Cl. The van der Waals surface area contributed by atoms with Crippen molar-refractivity contribution in [2.24, 2.45) is 0 Å². The van der Waals surface area contributed by atoms with Crippen LogP contribution in [0.25, 0.3) is 0 Å². The predicted molar refractivity (Wildman–Crippen MR) is 107 cm³/mol. The van der Waals surface area contributed by atoms with Crippen molar-refractivity contribution in [2.75, 3.05) is 43.1 Å². The highest BCUT2D eigenvalue weighted by Gasteiger charge is 2.13. The van der Waals surface area contributed by atoms with Crippen LogP contribution in [0.2, 0.25) is 5.02 Å². The van der Waals surface area contributed by atoms with Gasteiger partial charge in [0, 0.05) is 17.3 Å². The van der Waals surface area contributed by atoms with E-state index >= 15 is 0 Å². The van der Waals surface area contributed by atoms with Gasteiger partial charge in [0.1, 0.15) is 0 Å². The van der Waals surface area contributed by atoms with Gasteiger partial charge in [-0.3, -0.25) is 5.32 Å². The highest BCUT2D eigenvalue weighted by atomic mass is 35.5. The second-order valence-electron chi connectivity index (χ2n) is 6.42. The van der Waals surface area contributed by atoms with Crippen molar-refractivity contribution in [1.29, 1.82) is 0 Å². The molecule has 0 saturated carbocycles. The summed E-state index contributed by atoms with van der Waals surface area (Å²) in [5, 5.41) is 8.65. The normalized spacial score (nSPS) is 10.8. The fourth-order valence-corrected chi connectivity index (χ4v) is 2.45. The summed E-state index contributed by atoms with van der Waals surface area (Å²) in [4.78, 5) is 22.2. The van der Waals surface area contributed by atoms with Gasteiger partial charge < -0.3 is 15.5 Å². The summed E-state index contributed by atoms with van der Waals surface area (Å²) in [6, 6.07) is 4.63. The molecule has 0 atom stereocenters. The molecular weight excluding hydrogens is 371 g/mol. The van der Waals surface area contributed by atoms with Crippen LogP contribution in [0, 0.1) is 19.7 Å². The molecule has 7 nitrogen and oxygen atoms in total. The van der Waals surface area contributed by atoms with E-state index in [4.69, 9.17) is 11.6 Å². The molecule has 146 valence electrons. The lowest BCUT2D eigenvalue weighted by molar-refractivity contribution is 0.262. The fraction of sp³-hybridized carbons (Fsp3) is 0.389. The molecule has 0 fully saturated rings. The summed E-state index contributed by atoms with van der Waals surface area (Å²) in [5.41, 5.74) is 1.59. The number of anilines is 3. The Labute approximate surface area is 163 Å². The molecule has 0 unspecified atom stereocenters. The molecule has 9 heteroatoms. The van der Waals surface area contributed by atoms with Gasteiger partial charge in [0.25, 0.3) is 0 Å². The van der Waals surface area contributed by atoms with E-state index in [-0.39, 0.29) is 17.5 Å². The van der Waals surface area contributed by atoms with Crippen LogP contribution < -0.4 is 16.0 Å². The van der Waals surface area contributed by atoms with Crippen LogP contribution in [-0.4, -0.2) is 48.1 Å². The topological polar surface area (TPSA) is 82.2 Å². The molecule has 2 aromatic rings. The molecule has 0 radical (unpaired) electrons. The summed E-state index contributed by atoms with van der Waals surface area (Å²) in [7, 11) is 3.94.